The van der Waals surface area contributed by atoms with Crippen molar-refractivity contribution in [1.29, 1.82) is 0 Å². The van der Waals surface area contributed by atoms with Crippen LogP contribution >= 0.6 is 0 Å². The molecule has 1 fully saturated rings. The second-order valence-electron chi connectivity index (χ2n) is 7.47. The number of aliphatic hydroxyl groups excluding tert-OH is 1. The van der Waals surface area contributed by atoms with Gasteiger partial charge in [0, 0.05) is 24.4 Å². The van der Waals surface area contributed by atoms with Gasteiger partial charge in [-0.15, -0.1) is 0 Å². The van der Waals surface area contributed by atoms with Crippen LogP contribution < -0.4 is 0 Å². The Morgan fingerprint density at radius 3 is 2.61 bits per heavy atom. The molecule has 1 N–H and O–H groups in total. The van der Waals surface area contributed by atoms with Crippen molar-refractivity contribution >= 4 is 0 Å². The van der Waals surface area contributed by atoms with Crippen LogP contribution in [0.3, 0.4) is 0 Å². The topological polar surface area (TPSA) is 62.4 Å². The maximum Gasteiger partial charge on any atom is 0.240 e. The van der Waals surface area contributed by atoms with Crippen molar-refractivity contribution in [2.24, 2.45) is 5.92 Å². The second-order valence-corrected chi connectivity index (χ2v) is 7.47. The number of aliphatic hydroxyl groups is 1. The molecule has 0 unspecified atom stereocenters. The summed E-state index contributed by atoms with van der Waals surface area (Å²) in [5, 5.41) is 14.4. The van der Waals surface area contributed by atoms with Gasteiger partial charge < -0.3 is 9.63 Å². The normalized spacial score (nSPS) is 22.6. The van der Waals surface area contributed by atoms with Gasteiger partial charge in [-0.2, -0.15) is 4.98 Å². The lowest BCUT2D eigenvalue weighted by molar-refractivity contribution is 0.139. The lowest BCUT2D eigenvalue weighted by Crippen LogP contribution is -2.22. The summed E-state index contributed by atoms with van der Waals surface area (Å²) < 4.78 is 5.36. The van der Waals surface area contributed by atoms with Gasteiger partial charge >= 0.3 is 0 Å². The van der Waals surface area contributed by atoms with E-state index in [1.165, 1.54) is 5.56 Å². The number of hydrogen-bond acceptors (Lipinski definition) is 5. The van der Waals surface area contributed by atoms with E-state index in [0.717, 1.165) is 18.8 Å². The Labute approximate surface area is 137 Å². The molecule has 0 amide bonds. The monoisotopic (exact) mass is 315 g/mol. The summed E-state index contributed by atoms with van der Waals surface area (Å²) >= 11 is 0. The third kappa shape index (κ3) is 3.98. The van der Waals surface area contributed by atoms with E-state index in [9.17, 15) is 5.11 Å². The average Bonchev–Trinajstić information content (AvgIpc) is 3.08. The van der Waals surface area contributed by atoms with Crippen molar-refractivity contribution in [3.63, 3.8) is 0 Å². The largest absolute Gasteiger partial charge is 0.391 e. The number of rotatable bonds is 4. The summed E-state index contributed by atoms with van der Waals surface area (Å²) in [4.78, 5) is 6.67. The first kappa shape index (κ1) is 16.1. The molecular weight excluding hydrogens is 290 g/mol. The third-order valence-corrected chi connectivity index (χ3v) is 4.32. The smallest absolute Gasteiger partial charge is 0.240 e. The quantitative estimate of drug-likeness (QED) is 0.939. The van der Waals surface area contributed by atoms with E-state index >= 15 is 0 Å². The molecule has 23 heavy (non-hydrogen) atoms. The van der Waals surface area contributed by atoms with E-state index in [4.69, 9.17) is 4.52 Å². The van der Waals surface area contributed by atoms with E-state index in [1.807, 2.05) is 18.2 Å². The predicted molar refractivity (Wildman–Crippen MR) is 87.9 cm³/mol. The molecular formula is C18H25N3O2. The summed E-state index contributed by atoms with van der Waals surface area (Å²) in [5.41, 5.74) is 1.16. The van der Waals surface area contributed by atoms with Gasteiger partial charge in [-0.25, -0.2) is 0 Å². The Morgan fingerprint density at radius 2 is 1.96 bits per heavy atom. The minimum absolute atomic E-state index is 0.109. The third-order valence-electron chi connectivity index (χ3n) is 4.32. The van der Waals surface area contributed by atoms with Gasteiger partial charge in [0.15, 0.2) is 5.82 Å². The summed E-state index contributed by atoms with van der Waals surface area (Å²) in [7, 11) is 0. The van der Waals surface area contributed by atoms with Crippen LogP contribution in [0.2, 0.25) is 0 Å². The molecule has 0 radical (unpaired) electrons. The molecule has 124 valence electrons. The molecule has 0 saturated carbocycles. The molecule has 1 aromatic heterocycles. The summed E-state index contributed by atoms with van der Waals surface area (Å²) in [5.74, 6) is 1.61. The van der Waals surface area contributed by atoms with Crippen LogP contribution in [-0.2, 0) is 18.4 Å². The minimum atomic E-state index is -0.305. The molecule has 5 nitrogen and oxygen atoms in total. The summed E-state index contributed by atoms with van der Waals surface area (Å²) in [6.07, 6.45) is 0.593. The predicted octanol–water partition coefficient (Wildman–Crippen LogP) is 2.40. The Balaban J connectivity index is 1.59. The van der Waals surface area contributed by atoms with Crippen LogP contribution in [-0.4, -0.2) is 39.3 Å². The highest BCUT2D eigenvalue weighted by molar-refractivity contribution is 5.16. The lowest BCUT2D eigenvalue weighted by Gasteiger charge is -2.14. The molecule has 2 atom stereocenters. The molecule has 1 aliphatic heterocycles. The fourth-order valence-electron chi connectivity index (χ4n) is 3.00. The van der Waals surface area contributed by atoms with Gasteiger partial charge in [-0.1, -0.05) is 56.3 Å². The molecule has 2 heterocycles. The van der Waals surface area contributed by atoms with Gasteiger partial charge in [-0.05, 0) is 12.0 Å². The van der Waals surface area contributed by atoms with E-state index < -0.39 is 0 Å². The standard InChI is InChI=1S/C18H25N3O2/c1-18(2,3)17-19-16(23-20-17)12-21-10-14(15(22)11-21)9-13-7-5-4-6-8-13/h4-8,14-15,22H,9-12H2,1-3H3/t14-,15-/m1/s1. The molecule has 3 rings (SSSR count). The van der Waals surface area contributed by atoms with Gasteiger partial charge in [0.05, 0.1) is 12.6 Å². The Kier molecular flexibility index (Phi) is 4.50. The number of likely N-dealkylation sites (tertiary alicyclic amines) is 1. The van der Waals surface area contributed by atoms with Crippen molar-refractivity contribution in [2.75, 3.05) is 13.1 Å². The fraction of sp³-hybridized carbons (Fsp3) is 0.556. The molecule has 1 aromatic carbocycles. The SMILES string of the molecule is CC(C)(C)c1noc(CN2C[C@@H](Cc3ccccc3)[C@H](O)C2)n1. The highest BCUT2D eigenvalue weighted by Gasteiger charge is 2.32. The van der Waals surface area contributed by atoms with E-state index in [0.29, 0.717) is 19.0 Å². The second kappa shape index (κ2) is 6.42. The highest BCUT2D eigenvalue weighted by Crippen LogP contribution is 2.24. The van der Waals surface area contributed by atoms with Crippen LogP contribution in [0.25, 0.3) is 0 Å². The minimum Gasteiger partial charge on any atom is -0.391 e. The van der Waals surface area contributed by atoms with Gasteiger partial charge in [0.2, 0.25) is 5.89 Å². The number of nitrogens with zero attached hydrogens (tertiary/aromatic N) is 3. The van der Waals surface area contributed by atoms with Gasteiger partial charge in [0.25, 0.3) is 0 Å². The van der Waals surface area contributed by atoms with Crippen LogP contribution in [0.1, 0.15) is 38.0 Å². The summed E-state index contributed by atoms with van der Waals surface area (Å²) in [6.45, 7) is 8.31. The highest BCUT2D eigenvalue weighted by atomic mass is 16.5. The Morgan fingerprint density at radius 1 is 1.22 bits per heavy atom. The zero-order chi connectivity index (χ0) is 16.4. The van der Waals surface area contributed by atoms with Gasteiger partial charge in [-0.3, -0.25) is 4.90 Å². The molecule has 0 spiro atoms. The van der Waals surface area contributed by atoms with E-state index in [2.05, 4.69) is 47.9 Å². The number of aromatic nitrogens is 2. The Bertz CT molecular complexity index is 633. The van der Waals surface area contributed by atoms with E-state index in [1.54, 1.807) is 0 Å². The van der Waals surface area contributed by atoms with Crippen molar-refractivity contribution in [2.45, 2.75) is 45.3 Å². The van der Waals surface area contributed by atoms with Crippen molar-refractivity contribution < 1.29 is 9.63 Å². The fourth-order valence-corrected chi connectivity index (χ4v) is 3.00. The zero-order valence-electron chi connectivity index (χ0n) is 14.1. The molecule has 1 aliphatic rings. The maximum absolute atomic E-state index is 10.3. The van der Waals surface area contributed by atoms with Crippen LogP contribution in [0.15, 0.2) is 34.9 Å². The average molecular weight is 315 g/mol. The van der Waals surface area contributed by atoms with Gasteiger partial charge in [0.1, 0.15) is 0 Å². The van der Waals surface area contributed by atoms with Crippen LogP contribution in [0, 0.1) is 5.92 Å². The summed E-state index contributed by atoms with van der Waals surface area (Å²) in [6, 6.07) is 10.3. The number of benzene rings is 1. The van der Waals surface area contributed by atoms with Crippen molar-refractivity contribution in [1.82, 2.24) is 15.0 Å². The van der Waals surface area contributed by atoms with Crippen molar-refractivity contribution in [3.8, 4) is 0 Å². The number of hydrogen-bond donors (Lipinski definition) is 1. The molecule has 2 aromatic rings. The van der Waals surface area contributed by atoms with Crippen molar-refractivity contribution in [3.05, 3.63) is 47.6 Å². The molecule has 5 heteroatoms. The van der Waals surface area contributed by atoms with Crippen LogP contribution in [0.5, 0.6) is 0 Å². The molecule has 1 saturated heterocycles. The van der Waals surface area contributed by atoms with E-state index in [-0.39, 0.29) is 17.4 Å². The first-order valence-corrected chi connectivity index (χ1v) is 8.19. The zero-order valence-corrected chi connectivity index (χ0v) is 14.1. The van der Waals surface area contributed by atoms with Crippen LogP contribution in [0.4, 0.5) is 0 Å². The first-order valence-electron chi connectivity index (χ1n) is 8.19. The molecule has 0 aliphatic carbocycles. The first-order chi connectivity index (χ1) is 10.9. The maximum atomic E-state index is 10.3. The molecule has 0 bridgehead atoms. The number of β-amino-alcohol motifs (C(OH)–C–C–N with tert-alkyl or cyclic N) is 1. The Hall–Kier alpha value is -1.72. The lowest BCUT2D eigenvalue weighted by atomic mass is 9.96.